The number of thiocarbonyl (C=S) groups is 2. The largest absolute Gasteiger partial charge is 0.463 e. The van der Waals surface area contributed by atoms with E-state index in [-0.39, 0.29) is 11.9 Å². The Hall–Kier alpha value is -3.18. The predicted octanol–water partition coefficient (Wildman–Crippen LogP) is 5.39. The third kappa shape index (κ3) is 7.51. The van der Waals surface area contributed by atoms with Gasteiger partial charge in [0.05, 0.1) is 36.4 Å². The summed E-state index contributed by atoms with van der Waals surface area (Å²) in [5.74, 6) is -0.755. The lowest BCUT2D eigenvalue weighted by Crippen LogP contribution is -2.45. The van der Waals surface area contributed by atoms with Crippen molar-refractivity contribution in [3.63, 3.8) is 0 Å². The van der Waals surface area contributed by atoms with Crippen molar-refractivity contribution < 1.29 is 19.1 Å². The average Bonchev–Trinajstić information content (AvgIpc) is 2.89. The maximum absolute atomic E-state index is 12.2. The molecule has 0 fully saturated rings. The number of allylic oxidation sites excluding steroid dienone is 2. The molecule has 8 nitrogen and oxygen atoms in total. The number of hydrogen-bond donors (Lipinski definition) is 4. The Kier molecular flexibility index (Phi) is 11.3. The van der Waals surface area contributed by atoms with Crippen LogP contribution >= 0.6 is 47.6 Å². The Morgan fingerprint density at radius 2 is 1.07 bits per heavy atom. The van der Waals surface area contributed by atoms with Gasteiger partial charge in [-0.15, -0.1) is 0 Å². The molecule has 2 aliphatic heterocycles. The van der Waals surface area contributed by atoms with E-state index in [1.54, 1.807) is 39.8 Å². The second-order valence-corrected chi connectivity index (χ2v) is 10.3. The van der Waals surface area contributed by atoms with Crippen molar-refractivity contribution in [3.05, 3.63) is 92.2 Å². The van der Waals surface area contributed by atoms with E-state index >= 15 is 0 Å². The number of ether oxygens (including phenoxy) is 2. The Morgan fingerprint density at radius 3 is 1.40 bits per heavy atom. The van der Waals surface area contributed by atoms with Crippen LogP contribution in [0.2, 0.25) is 10.0 Å². The minimum absolute atomic E-state index is 0.315. The van der Waals surface area contributed by atoms with Gasteiger partial charge in [0.2, 0.25) is 0 Å². The van der Waals surface area contributed by atoms with Crippen LogP contribution < -0.4 is 21.3 Å². The van der Waals surface area contributed by atoms with Gasteiger partial charge in [-0.2, -0.15) is 0 Å². The number of esters is 2. The molecule has 0 saturated carbocycles. The second kappa shape index (κ2) is 14.5. The van der Waals surface area contributed by atoms with E-state index in [2.05, 4.69) is 21.3 Å². The van der Waals surface area contributed by atoms with E-state index in [0.29, 0.717) is 56.0 Å². The molecular weight excluding hydrogens is 591 g/mol. The van der Waals surface area contributed by atoms with Crippen LogP contribution in [0.15, 0.2) is 71.1 Å². The smallest absolute Gasteiger partial charge is 0.338 e. The van der Waals surface area contributed by atoms with Gasteiger partial charge in [0.25, 0.3) is 0 Å². The highest BCUT2D eigenvalue weighted by Gasteiger charge is 2.33. The quantitative estimate of drug-likeness (QED) is 0.248. The normalized spacial score (nSPS) is 18.4. The van der Waals surface area contributed by atoms with Gasteiger partial charge < -0.3 is 30.7 Å². The maximum Gasteiger partial charge on any atom is 0.338 e. The fraction of sp³-hybridized carbons (Fsp3) is 0.286. The van der Waals surface area contributed by atoms with Gasteiger partial charge >= 0.3 is 11.9 Å². The van der Waals surface area contributed by atoms with Crippen molar-refractivity contribution >= 4 is 69.8 Å². The van der Waals surface area contributed by atoms with E-state index in [1.807, 2.05) is 36.4 Å². The predicted molar refractivity (Wildman–Crippen MR) is 165 cm³/mol. The SMILES string of the molecule is CCOC(=O)C1=C(C)NC(=S)N[C@@H]1c1ccccc1Cl.CCOC(=O)C1=C(C)NC(=S)N[C@@H]1c1ccccc1Cl. The van der Waals surface area contributed by atoms with E-state index < -0.39 is 12.1 Å². The Morgan fingerprint density at radius 1 is 0.725 bits per heavy atom. The minimum atomic E-state index is -0.406. The molecule has 2 aromatic rings. The van der Waals surface area contributed by atoms with E-state index in [1.165, 1.54) is 0 Å². The van der Waals surface area contributed by atoms with E-state index in [9.17, 15) is 9.59 Å². The highest BCUT2D eigenvalue weighted by molar-refractivity contribution is 7.80. The molecule has 2 heterocycles. The van der Waals surface area contributed by atoms with Crippen LogP contribution in [-0.2, 0) is 19.1 Å². The number of carbonyl (C=O) groups excluding carboxylic acids is 2. The van der Waals surface area contributed by atoms with Crippen LogP contribution in [0.25, 0.3) is 0 Å². The first-order valence-electron chi connectivity index (χ1n) is 12.5. The molecule has 2 atom stereocenters. The van der Waals surface area contributed by atoms with Crippen molar-refractivity contribution in [3.8, 4) is 0 Å². The Labute approximate surface area is 254 Å². The van der Waals surface area contributed by atoms with E-state index in [0.717, 1.165) is 11.1 Å². The van der Waals surface area contributed by atoms with Gasteiger partial charge in [0.1, 0.15) is 0 Å². The highest BCUT2D eigenvalue weighted by atomic mass is 35.5. The van der Waals surface area contributed by atoms with Crippen molar-refractivity contribution in [1.29, 1.82) is 0 Å². The van der Waals surface area contributed by atoms with Gasteiger partial charge in [-0.3, -0.25) is 0 Å². The van der Waals surface area contributed by atoms with Crippen molar-refractivity contribution in [2.45, 2.75) is 39.8 Å². The van der Waals surface area contributed by atoms with Crippen LogP contribution in [0.3, 0.4) is 0 Å². The molecule has 0 radical (unpaired) electrons. The third-order valence-corrected chi connectivity index (χ3v) is 7.09. The summed E-state index contributed by atoms with van der Waals surface area (Å²) in [4.78, 5) is 24.3. The summed E-state index contributed by atoms with van der Waals surface area (Å²) in [7, 11) is 0. The van der Waals surface area contributed by atoms with Gasteiger partial charge in [-0.25, -0.2) is 9.59 Å². The molecule has 0 amide bonds. The topological polar surface area (TPSA) is 101 Å². The lowest BCUT2D eigenvalue weighted by atomic mass is 9.95. The molecule has 0 bridgehead atoms. The Bertz CT molecular complexity index is 1280. The number of carbonyl (C=O) groups is 2. The molecule has 0 aliphatic carbocycles. The van der Waals surface area contributed by atoms with Crippen LogP contribution in [0, 0.1) is 0 Å². The molecule has 12 heteroatoms. The molecule has 2 aliphatic rings. The van der Waals surface area contributed by atoms with Gasteiger partial charge in [0, 0.05) is 21.4 Å². The van der Waals surface area contributed by atoms with Crippen LogP contribution in [0.1, 0.15) is 50.9 Å². The summed E-state index contributed by atoms with van der Waals surface area (Å²) >= 11 is 22.8. The van der Waals surface area contributed by atoms with Gasteiger partial charge in [-0.1, -0.05) is 59.6 Å². The monoisotopic (exact) mass is 620 g/mol. The van der Waals surface area contributed by atoms with Crippen LogP contribution in [0.5, 0.6) is 0 Å². The summed E-state index contributed by atoms with van der Waals surface area (Å²) in [6, 6.07) is 13.9. The third-order valence-electron chi connectivity index (χ3n) is 5.96. The van der Waals surface area contributed by atoms with Gasteiger partial charge in [0.15, 0.2) is 10.2 Å². The number of halogens is 2. The molecule has 0 spiro atoms. The molecule has 2 aromatic carbocycles. The highest BCUT2D eigenvalue weighted by Crippen LogP contribution is 2.33. The van der Waals surface area contributed by atoms with Crippen molar-refractivity contribution in [2.75, 3.05) is 13.2 Å². The molecule has 0 unspecified atom stereocenters. The molecule has 4 N–H and O–H groups in total. The first kappa shape index (κ1) is 31.3. The standard InChI is InChI=1S/2C14H15ClN2O2S/c2*1-3-19-13(18)11-8(2)16-14(20)17-12(11)9-6-4-5-7-10(9)15/h2*4-7,12H,3H2,1-2H3,(H2,16,17,20)/t2*12-/m11/s1. The van der Waals surface area contributed by atoms with E-state index in [4.69, 9.17) is 57.1 Å². The Balaban J connectivity index is 0.000000220. The molecular formula is C28H30Cl2N4O4S2. The summed E-state index contributed by atoms with van der Waals surface area (Å²) < 4.78 is 10.2. The molecule has 212 valence electrons. The zero-order valence-corrected chi connectivity index (χ0v) is 25.5. The summed E-state index contributed by atoms with van der Waals surface area (Å²) in [5, 5.41) is 14.1. The summed E-state index contributed by atoms with van der Waals surface area (Å²) in [6.45, 7) is 7.76. The maximum atomic E-state index is 12.2. The van der Waals surface area contributed by atoms with Crippen molar-refractivity contribution in [1.82, 2.24) is 21.3 Å². The molecule has 40 heavy (non-hydrogen) atoms. The second-order valence-electron chi connectivity index (χ2n) is 8.62. The summed E-state index contributed by atoms with van der Waals surface area (Å²) in [6.07, 6.45) is 0. The zero-order valence-electron chi connectivity index (χ0n) is 22.4. The number of hydrogen-bond acceptors (Lipinski definition) is 6. The molecule has 4 rings (SSSR count). The lowest BCUT2D eigenvalue weighted by Gasteiger charge is -2.30. The molecule has 0 saturated heterocycles. The fourth-order valence-electron chi connectivity index (χ4n) is 4.23. The average molecular weight is 622 g/mol. The van der Waals surface area contributed by atoms with Gasteiger partial charge in [-0.05, 0) is 75.4 Å². The number of benzene rings is 2. The minimum Gasteiger partial charge on any atom is -0.463 e. The van der Waals surface area contributed by atoms with Crippen molar-refractivity contribution in [2.24, 2.45) is 0 Å². The zero-order chi connectivity index (χ0) is 29.4. The summed E-state index contributed by atoms with van der Waals surface area (Å²) in [5.41, 5.74) is 3.93. The van der Waals surface area contributed by atoms with Crippen LogP contribution in [-0.4, -0.2) is 35.4 Å². The number of nitrogens with one attached hydrogen (secondary N) is 4. The lowest BCUT2D eigenvalue weighted by molar-refractivity contribution is -0.140. The number of rotatable bonds is 6. The first-order chi connectivity index (χ1) is 19.1. The first-order valence-corrected chi connectivity index (χ1v) is 14.1. The fourth-order valence-corrected chi connectivity index (χ4v) is 5.26. The molecule has 0 aromatic heterocycles. The van der Waals surface area contributed by atoms with Crippen LogP contribution in [0.4, 0.5) is 0 Å².